The summed E-state index contributed by atoms with van der Waals surface area (Å²) in [6.07, 6.45) is 0. The molecule has 1 aliphatic rings. The van der Waals surface area contributed by atoms with Crippen LogP contribution in [0.3, 0.4) is 0 Å². The molecule has 0 amide bonds. The molecule has 78 valence electrons. The fourth-order valence-corrected chi connectivity index (χ4v) is 1.93. The van der Waals surface area contributed by atoms with Crippen molar-refractivity contribution in [1.29, 1.82) is 0 Å². The van der Waals surface area contributed by atoms with Crippen molar-refractivity contribution in [2.75, 3.05) is 13.1 Å². The lowest BCUT2D eigenvalue weighted by Gasteiger charge is -2.28. The van der Waals surface area contributed by atoms with E-state index in [0.29, 0.717) is 0 Å². The highest BCUT2D eigenvalue weighted by atomic mass is 16.3. The van der Waals surface area contributed by atoms with Gasteiger partial charge in [0, 0.05) is 19.2 Å². The summed E-state index contributed by atoms with van der Waals surface area (Å²) in [5.74, 6) is 0.183. The standard InChI is InChI=1S/C10H11N3O2/c14-7-1-2-8-9(3-7)13(10(15)12-8)6-4-11-5-6/h1-3,6,11,14H,4-5H2,(H,12,15). The molecule has 1 aliphatic heterocycles. The molecule has 2 aromatic rings. The Morgan fingerprint density at radius 1 is 1.40 bits per heavy atom. The first-order chi connectivity index (χ1) is 7.25. The second-order valence-electron chi connectivity index (χ2n) is 3.81. The molecule has 1 fully saturated rings. The number of hydrogen-bond donors (Lipinski definition) is 3. The van der Waals surface area contributed by atoms with Gasteiger partial charge in [-0.1, -0.05) is 0 Å². The molecule has 0 spiro atoms. The average molecular weight is 205 g/mol. The van der Waals surface area contributed by atoms with Crippen molar-refractivity contribution in [2.24, 2.45) is 0 Å². The number of aromatic hydroxyl groups is 1. The third-order valence-corrected chi connectivity index (χ3v) is 2.83. The maximum atomic E-state index is 11.7. The smallest absolute Gasteiger partial charge is 0.326 e. The van der Waals surface area contributed by atoms with Crippen molar-refractivity contribution >= 4 is 11.0 Å². The zero-order chi connectivity index (χ0) is 10.4. The van der Waals surface area contributed by atoms with E-state index in [1.165, 1.54) is 0 Å². The molecule has 0 atom stereocenters. The van der Waals surface area contributed by atoms with Gasteiger partial charge in [0.05, 0.1) is 17.1 Å². The average Bonchev–Trinajstić information content (AvgIpc) is 2.42. The van der Waals surface area contributed by atoms with E-state index < -0.39 is 0 Å². The number of hydrogen-bond acceptors (Lipinski definition) is 3. The summed E-state index contributed by atoms with van der Waals surface area (Å²) in [4.78, 5) is 14.5. The number of rotatable bonds is 1. The van der Waals surface area contributed by atoms with E-state index in [-0.39, 0.29) is 17.5 Å². The first-order valence-electron chi connectivity index (χ1n) is 4.89. The van der Waals surface area contributed by atoms with E-state index in [2.05, 4.69) is 10.3 Å². The second kappa shape index (κ2) is 2.87. The Hall–Kier alpha value is -1.75. The summed E-state index contributed by atoms with van der Waals surface area (Å²) >= 11 is 0. The molecule has 1 aromatic carbocycles. The molecule has 0 radical (unpaired) electrons. The number of aromatic amines is 1. The Morgan fingerprint density at radius 2 is 2.20 bits per heavy atom. The molecule has 5 nitrogen and oxygen atoms in total. The van der Waals surface area contributed by atoms with Crippen LogP contribution in [0.25, 0.3) is 11.0 Å². The molecule has 1 saturated heterocycles. The van der Waals surface area contributed by atoms with Crippen molar-refractivity contribution in [3.63, 3.8) is 0 Å². The monoisotopic (exact) mass is 205 g/mol. The van der Waals surface area contributed by atoms with Gasteiger partial charge in [-0.25, -0.2) is 4.79 Å². The van der Waals surface area contributed by atoms with Gasteiger partial charge in [0.15, 0.2) is 0 Å². The zero-order valence-corrected chi connectivity index (χ0v) is 8.03. The van der Waals surface area contributed by atoms with Gasteiger partial charge in [-0.15, -0.1) is 0 Å². The minimum Gasteiger partial charge on any atom is -0.508 e. The Kier molecular flexibility index (Phi) is 1.63. The molecule has 0 aliphatic carbocycles. The quantitative estimate of drug-likeness (QED) is 0.622. The molecule has 3 N–H and O–H groups in total. The minimum absolute atomic E-state index is 0.109. The Bertz CT molecular complexity index is 566. The number of imidazole rings is 1. The predicted octanol–water partition coefficient (Wildman–Crippen LogP) is 0.179. The van der Waals surface area contributed by atoms with E-state index in [4.69, 9.17) is 0 Å². The Morgan fingerprint density at radius 3 is 2.87 bits per heavy atom. The van der Waals surface area contributed by atoms with Crippen LogP contribution in [0.5, 0.6) is 5.75 Å². The van der Waals surface area contributed by atoms with Crippen molar-refractivity contribution < 1.29 is 5.11 Å². The highest BCUT2D eigenvalue weighted by Crippen LogP contribution is 2.21. The lowest BCUT2D eigenvalue weighted by atomic mass is 10.1. The van der Waals surface area contributed by atoms with Crippen molar-refractivity contribution in [3.05, 3.63) is 28.7 Å². The molecule has 3 rings (SSSR count). The van der Waals surface area contributed by atoms with E-state index >= 15 is 0 Å². The van der Waals surface area contributed by atoms with Gasteiger partial charge in [-0.3, -0.25) is 4.57 Å². The van der Waals surface area contributed by atoms with Gasteiger partial charge in [0.25, 0.3) is 0 Å². The number of H-pyrrole nitrogens is 1. The third kappa shape index (κ3) is 1.16. The van der Waals surface area contributed by atoms with Crippen LogP contribution >= 0.6 is 0 Å². The molecule has 5 heteroatoms. The number of aromatic nitrogens is 2. The van der Waals surface area contributed by atoms with Crippen molar-refractivity contribution in [2.45, 2.75) is 6.04 Å². The first-order valence-corrected chi connectivity index (χ1v) is 4.89. The summed E-state index contributed by atoms with van der Waals surface area (Å²) in [6, 6.07) is 5.11. The molecule has 2 heterocycles. The van der Waals surface area contributed by atoms with Crippen LogP contribution in [0.1, 0.15) is 6.04 Å². The Balaban J connectivity index is 2.29. The number of phenolic OH excluding ortho intramolecular Hbond substituents is 1. The van der Waals surface area contributed by atoms with E-state index in [1.807, 2.05) is 0 Å². The van der Waals surface area contributed by atoms with Crippen LogP contribution in [0.4, 0.5) is 0 Å². The van der Waals surface area contributed by atoms with Crippen LogP contribution in [-0.2, 0) is 0 Å². The predicted molar refractivity (Wildman–Crippen MR) is 56.1 cm³/mol. The van der Waals surface area contributed by atoms with Gasteiger partial charge >= 0.3 is 5.69 Å². The summed E-state index contributed by atoms with van der Waals surface area (Å²) in [6.45, 7) is 1.62. The number of nitrogens with zero attached hydrogens (tertiary/aromatic N) is 1. The van der Waals surface area contributed by atoms with Crippen LogP contribution in [0.2, 0.25) is 0 Å². The number of phenols is 1. The fraction of sp³-hybridized carbons (Fsp3) is 0.300. The third-order valence-electron chi connectivity index (χ3n) is 2.83. The van der Waals surface area contributed by atoms with E-state index in [1.54, 1.807) is 22.8 Å². The first kappa shape index (κ1) is 8.55. The van der Waals surface area contributed by atoms with Gasteiger partial charge in [0.1, 0.15) is 5.75 Å². The molecule has 0 bridgehead atoms. The number of nitrogens with one attached hydrogen (secondary N) is 2. The molecular weight excluding hydrogens is 194 g/mol. The van der Waals surface area contributed by atoms with Crippen LogP contribution < -0.4 is 11.0 Å². The van der Waals surface area contributed by atoms with E-state index in [9.17, 15) is 9.90 Å². The second-order valence-corrected chi connectivity index (χ2v) is 3.81. The normalized spacial score (nSPS) is 16.8. The summed E-state index contributed by atoms with van der Waals surface area (Å²) < 4.78 is 1.70. The fourth-order valence-electron chi connectivity index (χ4n) is 1.93. The molecular formula is C10H11N3O2. The van der Waals surface area contributed by atoms with Crippen LogP contribution in [0.15, 0.2) is 23.0 Å². The summed E-state index contributed by atoms with van der Waals surface area (Å²) in [5, 5.41) is 12.5. The highest BCUT2D eigenvalue weighted by molar-refractivity contribution is 5.77. The van der Waals surface area contributed by atoms with Gasteiger partial charge < -0.3 is 15.4 Å². The minimum atomic E-state index is -0.109. The topological polar surface area (TPSA) is 70.0 Å². The summed E-state index contributed by atoms with van der Waals surface area (Å²) in [5.41, 5.74) is 1.43. The highest BCUT2D eigenvalue weighted by Gasteiger charge is 2.22. The number of benzene rings is 1. The molecule has 0 saturated carbocycles. The van der Waals surface area contributed by atoms with Gasteiger partial charge in [-0.05, 0) is 12.1 Å². The molecule has 0 unspecified atom stereocenters. The van der Waals surface area contributed by atoms with Gasteiger partial charge in [0.2, 0.25) is 0 Å². The zero-order valence-electron chi connectivity index (χ0n) is 8.03. The van der Waals surface area contributed by atoms with Crippen molar-refractivity contribution in [3.8, 4) is 5.75 Å². The Labute approximate surface area is 85.3 Å². The van der Waals surface area contributed by atoms with Crippen molar-refractivity contribution in [1.82, 2.24) is 14.9 Å². The number of fused-ring (bicyclic) bond motifs is 1. The molecule has 15 heavy (non-hydrogen) atoms. The van der Waals surface area contributed by atoms with Crippen LogP contribution in [-0.4, -0.2) is 27.7 Å². The largest absolute Gasteiger partial charge is 0.508 e. The summed E-state index contributed by atoms with van der Waals surface area (Å²) in [7, 11) is 0. The molecule has 1 aromatic heterocycles. The van der Waals surface area contributed by atoms with Gasteiger partial charge in [-0.2, -0.15) is 0 Å². The lowest BCUT2D eigenvalue weighted by molar-refractivity contribution is 0.344. The maximum absolute atomic E-state index is 11.7. The maximum Gasteiger partial charge on any atom is 0.326 e. The van der Waals surface area contributed by atoms with Crippen LogP contribution in [0, 0.1) is 0 Å². The lowest BCUT2D eigenvalue weighted by Crippen LogP contribution is -2.46. The van der Waals surface area contributed by atoms with E-state index in [0.717, 1.165) is 24.1 Å². The SMILES string of the molecule is O=c1[nH]c2ccc(O)cc2n1C1CNC1.